The molecule has 4 rings (SSSR count). The molecule has 2 aliphatic rings. The van der Waals surface area contributed by atoms with Crippen molar-refractivity contribution in [3.63, 3.8) is 0 Å². The van der Waals surface area contributed by atoms with Crippen LogP contribution < -0.4 is 5.32 Å². The van der Waals surface area contributed by atoms with Gasteiger partial charge in [-0.25, -0.2) is 4.98 Å². The smallest absolute Gasteiger partial charge is 0.226 e. The Balaban J connectivity index is 1.62. The molecule has 178 valence electrons. The number of hydrogen-bond acceptors (Lipinski definition) is 4. The van der Waals surface area contributed by atoms with Gasteiger partial charge in [0.15, 0.2) is 0 Å². The first kappa shape index (κ1) is 24.0. The van der Waals surface area contributed by atoms with E-state index in [-0.39, 0.29) is 29.8 Å². The minimum atomic E-state index is -0.0121. The number of carbonyl (C=O) groups is 1. The van der Waals surface area contributed by atoms with Crippen molar-refractivity contribution in [3.8, 4) is 5.75 Å². The Kier molecular flexibility index (Phi) is 8.26. The Bertz CT molecular complexity index is 917. The molecule has 0 radical (unpaired) electrons. The summed E-state index contributed by atoms with van der Waals surface area (Å²) in [5.74, 6) is 0.624. The standard InChI is InChI=1S/C27H36ClN3O2/c1-2-3-14-22-16-23(29-17-21-15-25(28)30-18-24(21)32)26(19-10-6-4-7-11-19)31(22)27(33)20-12-8-5-9-13-20/h4,6-7,10-11,15,18,20,22-23,26,29,32H,2-3,5,8-9,12-14,16-17H2,1H3. The zero-order chi connectivity index (χ0) is 23.2. The van der Waals surface area contributed by atoms with E-state index >= 15 is 0 Å². The lowest BCUT2D eigenvalue weighted by atomic mass is 9.87. The Morgan fingerprint density at radius 3 is 2.70 bits per heavy atom. The lowest BCUT2D eigenvalue weighted by molar-refractivity contribution is -0.140. The van der Waals surface area contributed by atoms with Gasteiger partial charge >= 0.3 is 0 Å². The number of hydrogen-bond donors (Lipinski definition) is 2. The number of carbonyl (C=O) groups excluding carboxylic acids is 1. The Morgan fingerprint density at radius 2 is 1.97 bits per heavy atom. The third-order valence-electron chi connectivity index (χ3n) is 7.33. The summed E-state index contributed by atoms with van der Waals surface area (Å²) in [5, 5.41) is 14.3. The van der Waals surface area contributed by atoms with E-state index < -0.39 is 0 Å². The molecule has 3 unspecified atom stereocenters. The summed E-state index contributed by atoms with van der Waals surface area (Å²) in [5.41, 5.74) is 1.90. The van der Waals surface area contributed by atoms with Crippen molar-refractivity contribution in [2.45, 2.75) is 89.4 Å². The Hall–Kier alpha value is -2.11. The molecule has 0 spiro atoms. The van der Waals surface area contributed by atoms with Gasteiger partial charge in [0.25, 0.3) is 0 Å². The summed E-state index contributed by atoms with van der Waals surface area (Å²) in [6, 6.07) is 12.5. The molecule has 1 amide bonds. The van der Waals surface area contributed by atoms with Crippen molar-refractivity contribution >= 4 is 17.5 Å². The van der Waals surface area contributed by atoms with Crippen molar-refractivity contribution in [2.75, 3.05) is 0 Å². The molecule has 2 N–H and O–H groups in total. The van der Waals surface area contributed by atoms with Gasteiger partial charge in [0.2, 0.25) is 5.91 Å². The average molecular weight is 470 g/mol. The number of nitrogens with zero attached hydrogens (tertiary/aromatic N) is 2. The van der Waals surface area contributed by atoms with Crippen LogP contribution in [0.25, 0.3) is 0 Å². The largest absolute Gasteiger partial charge is 0.506 e. The highest BCUT2D eigenvalue weighted by molar-refractivity contribution is 6.29. The van der Waals surface area contributed by atoms with E-state index in [9.17, 15) is 9.90 Å². The molecule has 5 nitrogen and oxygen atoms in total. The predicted octanol–water partition coefficient (Wildman–Crippen LogP) is 6.01. The second-order valence-corrected chi connectivity index (χ2v) is 9.98. The zero-order valence-corrected chi connectivity index (χ0v) is 20.3. The van der Waals surface area contributed by atoms with Gasteiger partial charge in [0.05, 0.1) is 12.2 Å². The summed E-state index contributed by atoms with van der Waals surface area (Å²) in [6.07, 6.45) is 11.2. The maximum Gasteiger partial charge on any atom is 0.226 e. The molecular formula is C27H36ClN3O2. The number of nitrogens with one attached hydrogen (secondary N) is 1. The van der Waals surface area contributed by atoms with E-state index in [1.54, 1.807) is 6.07 Å². The summed E-state index contributed by atoms with van der Waals surface area (Å²) < 4.78 is 0. The van der Waals surface area contributed by atoms with E-state index in [0.717, 1.165) is 56.9 Å². The number of benzene rings is 1. The fourth-order valence-electron chi connectivity index (χ4n) is 5.61. The molecule has 1 aliphatic carbocycles. The summed E-state index contributed by atoms with van der Waals surface area (Å²) >= 11 is 6.07. The second kappa shape index (κ2) is 11.3. The van der Waals surface area contributed by atoms with Crippen molar-refractivity contribution in [3.05, 3.63) is 58.9 Å². The van der Waals surface area contributed by atoms with E-state index in [4.69, 9.17) is 11.6 Å². The van der Waals surface area contributed by atoms with Gasteiger partial charge < -0.3 is 15.3 Å². The fourth-order valence-corrected chi connectivity index (χ4v) is 5.79. The zero-order valence-electron chi connectivity index (χ0n) is 19.5. The fraction of sp³-hybridized carbons (Fsp3) is 0.556. The third kappa shape index (κ3) is 5.70. The molecule has 2 aromatic rings. The summed E-state index contributed by atoms with van der Waals surface area (Å²) in [4.78, 5) is 20.1. The van der Waals surface area contributed by atoms with Gasteiger partial charge in [-0.05, 0) is 37.3 Å². The molecule has 6 heteroatoms. The van der Waals surface area contributed by atoms with Gasteiger partial charge in [-0.15, -0.1) is 0 Å². The first-order valence-corrected chi connectivity index (χ1v) is 12.9. The topological polar surface area (TPSA) is 65.5 Å². The van der Waals surface area contributed by atoms with Crippen molar-refractivity contribution in [2.24, 2.45) is 5.92 Å². The van der Waals surface area contributed by atoms with Crippen molar-refractivity contribution < 1.29 is 9.90 Å². The first-order valence-electron chi connectivity index (χ1n) is 12.5. The van der Waals surface area contributed by atoms with E-state index in [0.29, 0.717) is 17.6 Å². The van der Waals surface area contributed by atoms with Crippen LogP contribution in [-0.2, 0) is 11.3 Å². The molecule has 2 fully saturated rings. The number of rotatable bonds is 8. The lowest BCUT2D eigenvalue weighted by Crippen LogP contribution is -2.44. The molecule has 2 heterocycles. The summed E-state index contributed by atoms with van der Waals surface area (Å²) in [7, 11) is 0. The molecule has 1 aromatic carbocycles. The monoisotopic (exact) mass is 469 g/mol. The van der Waals surface area contributed by atoms with Gasteiger partial charge in [0.1, 0.15) is 10.9 Å². The van der Waals surface area contributed by atoms with E-state index in [1.807, 2.05) is 6.07 Å². The van der Waals surface area contributed by atoms with Crippen LogP contribution in [0.5, 0.6) is 5.75 Å². The molecule has 3 atom stereocenters. The normalized spacial score (nSPS) is 23.7. The van der Waals surface area contributed by atoms with Crippen LogP contribution in [0, 0.1) is 5.92 Å². The SMILES string of the molecule is CCCCC1CC(NCc2cc(Cl)ncc2O)C(c2ccccc2)N1C(=O)C1CCCCC1. The quantitative estimate of drug-likeness (QED) is 0.464. The average Bonchev–Trinajstić information content (AvgIpc) is 3.22. The van der Waals surface area contributed by atoms with Crippen molar-refractivity contribution in [1.82, 2.24) is 15.2 Å². The summed E-state index contributed by atoms with van der Waals surface area (Å²) in [6.45, 7) is 2.69. The Morgan fingerprint density at radius 1 is 1.21 bits per heavy atom. The van der Waals surface area contributed by atoms with Gasteiger partial charge in [-0.2, -0.15) is 0 Å². The van der Waals surface area contributed by atoms with Crippen LogP contribution in [0.1, 0.15) is 81.9 Å². The maximum absolute atomic E-state index is 13.9. The van der Waals surface area contributed by atoms with Crippen LogP contribution in [0.3, 0.4) is 0 Å². The van der Waals surface area contributed by atoms with Gasteiger partial charge in [0, 0.05) is 30.1 Å². The highest BCUT2D eigenvalue weighted by Gasteiger charge is 2.45. The van der Waals surface area contributed by atoms with Crippen LogP contribution in [-0.4, -0.2) is 33.0 Å². The van der Waals surface area contributed by atoms with Crippen LogP contribution in [0.2, 0.25) is 5.15 Å². The number of halogens is 1. The number of aromatic nitrogens is 1. The highest BCUT2D eigenvalue weighted by atomic mass is 35.5. The molecule has 33 heavy (non-hydrogen) atoms. The lowest BCUT2D eigenvalue weighted by Gasteiger charge is -2.36. The van der Waals surface area contributed by atoms with E-state index in [1.165, 1.54) is 18.2 Å². The number of aromatic hydroxyl groups is 1. The van der Waals surface area contributed by atoms with Crippen LogP contribution >= 0.6 is 11.6 Å². The Labute approximate surface area is 202 Å². The number of amides is 1. The molecule has 1 saturated carbocycles. The van der Waals surface area contributed by atoms with Gasteiger partial charge in [-0.3, -0.25) is 4.79 Å². The van der Waals surface area contributed by atoms with Gasteiger partial charge in [-0.1, -0.05) is 81.0 Å². The van der Waals surface area contributed by atoms with Crippen molar-refractivity contribution in [1.29, 1.82) is 0 Å². The molecule has 1 aliphatic heterocycles. The number of likely N-dealkylation sites (tertiary alicyclic amines) is 1. The van der Waals surface area contributed by atoms with E-state index in [2.05, 4.69) is 46.4 Å². The van der Waals surface area contributed by atoms with Crippen LogP contribution in [0.15, 0.2) is 42.6 Å². The second-order valence-electron chi connectivity index (χ2n) is 9.59. The predicted molar refractivity (Wildman–Crippen MR) is 132 cm³/mol. The molecule has 1 aromatic heterocycles. The minimum Gasteiger partial charge on any atom is -0.506 e. The minimum absolute atomic E-state index is 0.0121. The molecular weight excluding hydrogens is 434 g/mol. The number of pyridine rings is 1. The third-order valence-corrected chi connectivity index (χ3v) is 7.54. The highest BCUT2D eigenvalue weighted by Crippen LogP contribution is 2.41. The van der Waals surface area contributed by atoms with Crippen LogP contribution in [0.4, 0.5) is 0 Å². The first-order chi connectivity index (χ1) is 16.1. The molecule has 1 saturated heterocycles. The maximum atomic E-state index is 13.9. The molecule has 0 bridgehead atoms. The number of unbranched alkanes of at least 4 members (excludes halogenated alkanes) is 1.